The molecule has 8 bridgehead atoms. The number of hydrogen-bond donors (Lipinski definition) is 3. The number of H-pyrrole nitrogens is 2. The summed E-state index contributed by atoms with van der Waals surface area (Å²) in [5.74, 6) is 0.241. The molecule has 8 nitrogen and oxygen atoms in total. The molecule has 0 unspecified atom stereocenters. The Hall–Kier alpha value is -3.78. The number of methoxy groups -OCH3 is 1. The molecule has 3 aliphatic rings. The fourth-order valence-electron chi connectivity index (χ4n) is 7.43. The number of aryl methyl sites for hydroxylation is 2. The van der Waals surface area contributed by atoms with E-state index in [2.05, 4.69) is 48.9 Å². The smallest absolute Gasteiger partial charge is 0.305 e. The molecule has 0 saturated heterocycles. The van der Waals surface area contributed by atoms with E-state index in [1.54, 1.807) is 6.92 Å². The first-order valence-electron chi connectivity index (χ1n) is 15.1. The Morgan fingerprint density at radius 3 is 2.33 bits per heavy atom. The van der Waals surface area contributed by atoms with Crippen molar-refractivity contribution in [1.29, 1.82) is 0 Å². The predicted octanol–water partition coefficient (Wildman–Crippen LogP) is 6.86. The van der Waals surface area contributed by atoms with Crippen molar-refractivity contribution in [3.05, 3.63) is 68.8 Å². The molecule has 5 heterocycles. The van der Waals surface area contributed by atoms with E-state index in [4.69, 9.17) is 14.7 Å². The molecule has 5 atom stereocenters. The maximum absolute atomic E-state index is 13.5. The zero-order valence-electron chi connectivity index (χ0n) is 25.5. The number of rotatable bonds is 5. The summed E-state index contributed by atoms with van der Waals surface area (Å²) < 4.78 is 4.96. The van der Waals surface area contributed by atoms with Gasteiger partial charge in [0.25, 0.3) is 0 Å². The van der Waals surface area contributed by atoms with Crippen LogP contribution in [0.3, 0.4) is 0 Å². The summed E-state index contributed by atoms with van der Waals surface area (Å²) in [6, 6.07) is 6.26. The summed E-state index contributed by atoms with van der Waals surface area (Å²) >= 11 is 0. The Labute approximate surface area is 246 Å². The van der Waals surface area contributed by atoms with Crippen molar-refractivity contribution < 1.29 is 19.4 Å². The molecule has 0 amide bonds. The van der Waals surface area contributed by atoms with Gasteiger partial charge in [-0.05, 0) is 62.9 Å². The van der Waals surface area contributed by atoms with Gasteiger partial charge in [0.15, 0.2) is 5.78 Å². The molecule has 0 spiro atoms. The summed E-state index contributed by atoms with van der Waals surface area (Å²) in [4.78, 5) is 43.1. The molecule has 6 rings (SSSR count). The minimum absolute atomic E-state index is 0.0143. The van der Waals surface area contributed by atoms with Crippen LogP contribution in [-0.2, 0) is 16.0 Å². The minimum Gasteiger partial charge on any atom is -0.469 e. The summed E-state index contributed by atoms with van der Waals surface area (Å²) in [7, 11) is 1.41. The predicted molar refractivity (Wildman–Crippen MR) is 163 cm³/mol. The molecule has 8 heteroatoms. The first-order valence-corrected chi connectivity index (χ1v) is 15.1. The molecule has 3 N–H and O–H groups in total. The van der Waals surface area contributed by atoms with Crippen LogP contribution in [0.2, 0.25) is 0 Å². The third-order valence-electron chi connectivity index (χ3n) is 9.88. The standard InChI is InChI=1S/C34H40N4O4/c1-8-20-15(2)23-14-28-31(19(6)39)17(4)25(36-28)12-24-16(3)21(9-10-30(41)42-7)33(37-24)22-11-29(40)32-18(5)26(38-34(22)32)13-27(20)35-23/h12-16,19-21,36,38-39H,8-11H2,1-7H3/t15-,16+,19+,20-,21+/m1/s1. The minimum atomic E-state index is -0.665. The number of aromatic amines is 2. The lowest BCUT2D eigenvalue weighted by Gasteiger charge is -2.16. The molecule has 1 aliphatic carbocycles. The van der Waals surface area contributed by atoms with Gasteiger partial charge in [-0.2, -0.15) is 0 Å². The highest BCUT2D eigenvalue weighted by Gasteiger charge is 2.36. The lowest BCUT2D eigenvalue weighted by molar-refractivity contribution is -0.140. The van der Waals surface area contributed by atoms with Crippen molar-refractivity contribution in [1.82, 2.24) is 19.9 Å². The topological polar surface area (TPSA) is 121 Å². The van der Waals surface area contributed by atoms with Crippen molar-refractivity contribution in [2.24, 2.45) is 0 Å². The Bertz CT molecular complexity index is 1780. The molecular weight excluding hydrogens is 528 g/mol. The number of ketones is 1. The number of Topliss-reactive ketones (excluding diaryl/α,β-unsaturated/α-hetero) is 1. The maximum atomic E-state index is 13.5. The van der Waals surface area contributed by atoms with Crippen molar-refractivity contribution >= 4 is 33.8 Å². The van der Waals surface area contributed by atoms with Gasteiger partial charge < -0.3 is 19.8 Å². The summed E-state index contributed by atoms with van der Waals surface area (Å²) in [6.07, 6.45) is 1.40. The van der Waals surface area contributed by atoms with Crippen LogP contribution in [0.1, 0.15) is 132 Å². The quantitative estimate of drug-likeness (QED) is 0.289. The van der Waals surface area contributed by atoms with Crippen LogP contribution in [-0.4, -0.2) is 43.9 Å². The average Bonchev–Trinajstić information content (AvgIpc) is 3.70. The number of aliphatic hydroxyl groups excluding tert-OH is 1. The van der Waals surface area contributed by atoms with E-state index in [0.717, 1.165) is 79.1 Å². The number of fused-ring (bicyclic) bond motifs is 8. The lowest BCUT2D eigenvalue weighted by Crippen LogP contribution is -2.09. The van der Waals surface area contributed by atoms with E-state index in [0.29, 0.717) is 6.42 Å². The average molecular weight is 569 g/mol. The monoisotopic (exact) mass is 568 g/mol. The number of nitrogens with one attached hydrogen (secondary N) is 2. The molecule has 0 radical (unpaired) electrons. The van der Waals surface area contributed by atoms with Gasteiger partial charge in [-0.3, -0.25) is 19.6 Å². The third kappa shape index (κ3) is 4.39. The summed E-state index contributed by atoms with van der Waals surface area (Å²) in [5, 5.41) is 10.8. The largest absolute Gasteiger partial charge is 0.469 e. The Kier molecular flexibility index (Phi) is 7.08. The number of carbonyl (C=O) groups excluding carboxylic acids is 2. The molecule has 0 saturated carbocycles. The Morgan fingerprint density at radius 2 is 1.64 bits per heavy atom. The second-order valence-corrected chi connectivity index (χ2v) is 12.3. The van der Waals surface area contributed by atoms with E-state index in [-0.39, 0.29) is 48.3 Å². The number of aromatic nitrogens is 4. The normalized spacial score (nSPS) is 22.0. The van der Waals surface area contributed by atoms with E-state index in [1.807, 2.05) is 13.8 Å². The molecule has 0 fully saturated rings. The number of hydrogen-bond acceptors (Lipinski definition) is 6. The Balaban J connectivity index is 1.73. The summed E-state index contributed by atoms with van der Waals surface area (Å²) in [6.45, 7) is 12.3. The van der Waals surface area contributed by atoms with Gasteiger partial charge in [-0.1, -0.05) is 20.8 Å². The summed E-state index contributed by atoms with van der Waals surface area (Å²) in [5.41, 5.74) is 11.6. The van der Waals surface area contributed by atoms with Crippen molar-refractivity contribution in [3.63, 3.8) is 0 Å². The fourth-order valence-corrected chi connectivity index (χ4v) is 7.43. The molecular formula is C34H40N4O4. The third-order valence-corrected chi connectivity index (χ3v) is 9.88. The molecule has 3 aromatic heterocycles. The molecule has 220 valence electrons. The highest BCUT2D eigenvalue weighted by molar-refractivity contribution is 6.13. The van der Waals surface area contributed by atoms with E-state index in [1.165, 1.54) is 7.11 Å². The van der Waals surface area contributed by atoms with Crippen LogP contribution in [0, 0.1) is 13.8 Å². The number of nitrogens with zero attached hydrogens (tertiary/aromatic N) is 2. The lowest BCUT2D eigenvalue weighted by atomic mass is 9.85. The number of aliphatic hydroxyl groups is 1. The van der Waals surface area contributed by atoms with Crippen LogP contribution in [0.25, 0.3) is 22.1 Å². The second kappa shape index (κ2) is 10.5. The molecule has 42 heavy (non-hydrogen) atoms. The molecule has 3 aromatic rings. The zero-order valence-corrected chi connectivity index (χ0v) is 25.5. The van der Waals surface area contributed by atoms with Gasteiger partial charge >= 0.3 is 5.97 Å². The second-order valence-electron chi connectivity index (χ2n) is 12.3. The van der Waals surface area contributed by atoms with Gasteiger partial charge in [-0.25, -0.2) is 0 Å². The maximum Gasteiger partial charge on any atom is 0.305 e. The van der Waals surface area contributed by atoms with Crippen molar-refractivity contribution in [3.8, 4) is 0 Å². The van der Waals surface area contributed by atoms with Gasteiger partial charge in [0.2, 0.25) is 0 Å². The van der Waals surface area contributed by atoms with Crippen LogP contribution < -0.4 is 0 Å². The Morgan fingerprint density at radius 1 is 1.00 bits per heavy atom. The van der Waals surface area contributed by atoms with Crippen molar-refractivity contribution in [2.45, 2.75) is 97.0 Å². The van der Waals surface area contributed by atoms with Gasteiger partial charge in [-0.15, -0.1) is 0 Å². The van der Waals surface area contributed by atoms with Gasteiger partial charge in [0.1, 0.15) is 0 Å². The first kappa shape index (κ1) is 28.3. The van der Waals surface area contributed by atoms with Gasteiger partial charge in [0, 0.05) is 86.8 Å². The van der Waals surface area contributed by atoms with Crippen molar-refractivity contribution in [2.75, 3.05) is 7.11 Å². The molecule has 0 aromatic carbocycles. The zero-order chi connectivity index (χ0) is 30.0. The highest BCUT2D eigenvalue weighted by Crippen LogP contribution is 2.45. The van der Waals surface area contributed by atoms with Crippen LogP contribution in [0.5, 0.6) is 0 Å². The first-order chi connectivity index (χ1) is 20.0. The highest BCUT2D eigenvalue weighted by atomic mass is 16.5. The number of carbonyl (C=O) groups is 2. The van der Waals surface area contributed by atoms with E-state index < -0.39 is 6.10 Å². The van der Waals surface area contributed by atoms with Crippen LogP contribution in [0.15, 0.2) is 18.2 Å². The van der Waals surface area contributed by atoms with E-state index >= 15 is 0 Å². The van der Waals surface area contributed by atoms with Gasteiger partial charge in [0.05, 0.1) is 24.4 Å². The molecule has 2 aliphatic heterocycles. The SMILES string of the molecule is CC[C@H]1c2cc3[nH]c4c(c5nc(cc6[nH]c(cc(n2)[C@@H]1C)c([C@H](C)O)c6C)[C@@H](C)[C@@H]5CCC(=O)OC)CC(=O)c4c3C. The number of esters is 1. The van der Waals surface area contributed by atoms with Crippen LogP contribution >= 0.6 is 0 Å². The fraction of sp³-hybridized carbons (Fsp3) is 0.471. The van der Waals surface area contributed by atoms with Crippen LogP contribution in [0.4, 0.5) is 0 Å². The number of ether oxygens (including phenoxy) is 1. The van der Waals surface area contributed by atoms with E-state index in [9.17, 15) is 14.7 Å².